The minimum atomic E-state index is -0.432. The van der Waals surface area contributed by atoms with Crippen molar-refractivity contribution in [2.75, 3.05) is 7.11 Å². The number of halogens is 3. The van der Waals surface area contributed by atoms with Gasteiger partial charge in [0.1, 0.15) is 0 Å². The SMILES string of the molecule is COC(=O)c1cc(CBr)cc(Br)c1Cl. The number of carbonyl (C=O) groups excluding carboxylic acids is 1. The molecular weight excluding hydrogens is 335 g/mol. The zero-order chi connectivity index (χ0) is 10.7. The van der Waals surface area contributed by atoms with E-state index in [0.29, 0.717) is 20.4 Å². The maximum absolute atomic E-state index is 11.3. The molecule has 0 saturated heterocycles. The lowest BCUT2D eigenvalue weighted by Crippen LogP contribution is -2.03. The van der Waals surface area contributed by atoms with Crippen LogP contribution in [0.5, 0.6) is 0 Å². The fourth-order valence-corrected chi connectivity index (χ4v) is 2.00. The first kappa shape index (κ1) is 12.0. The van der Waals surface area contributed by atoms with Gasteiger partial charge >= 0.3 is 5.97 Å². The molecule has 0 N–H and O–H groups in total. The molecule has 0 aliphatic carbocycles. The van der Waals surface area contributed by atoms with Crippen LogP contribution >= 0.6 is 43.5 Å². The second-order valence-electron chi connectivity index (χ2n) is 2.56. The lowest BCUT2D eigenvalue weighted by atomic mass is 10.1. The highest BCUT2D eigenvalue weighted by Crippen LogP contribution is 2.29. The third-order valence-electron chi connectivity index (χ3n) is 1.65. The molecule has 0 unspecified atom stereocenters. The smallest absolute Gasteiger partial charge is 0.339 e. The predicted molar refractivity (Wildman–Crippen MR) is 63.1 cm³/mol. The van der Waals surface area contributed by atoms with Crippen molar-refractivity contribution in [2.45, 2.75) is 5.33 Å². The van der Waals surface area contributed by atoms with E-state index in [1.165, 1.54) is 7.11 Å². The van der Waals surface area contributed by atoms with Gasteiger partial charge in [-0.1, -0.05) is 27.5 Å². The third kappa shape index (κ3) is 2.49. The molecule has 0 bridgehead atoms. The molecule has 1 rings (SSSR count). The quantitative estimate of drug-likeness (QED) is 0.604. The Kier molecular flexibility index (Phi) is 4.41. The normalized spacial score (nSPS) is 10.0. The van der Waals surface area contributed by atoms with Gasteiger partial charge in [-0.3, -0.25) is 0 Å². The topological polar surface area (TPSA) is 26.3 Å². The Hall–Kier alpha value is -0.0600. The molecule has 76 valence electrons. The third-order valence-corrected chi connectivity index (χ3v) is 3.56. The maximum atomic E-state index is 11.3. The van der Waals surface area contributed by atoms with Crippen molar-refractivity contribution in [2.24, 2.45) is 0 Å². The van der Waals surface area contributed by atoms with Crippen LogP contribution in [-0.4, -0.2) is 13.1 Å². The lowest BCUT2D eigenvalue weighted by molar-refractivity contribution is 0.0601. The molecule has 0 heterocycles. The van der Waals surface area contributed by atoms with Crippen LogP contribution in [0.3, 0.4) is 0 Å². The van der Waals surface area contributed by atoms with E-state index in [2.05, 4.69) is 36.6 Å². The van der Waals surface area contributed by atoms with E-state index >= 15 is 0 Å². The zero-order valence-electron chi connectivity index (χ0n) is 7.31. The van der Waals surface area contributed by atoms with Crippen molar-refractivity contribution in [3.05, 3.63) is 32.8 Å². The van der Waals surface area contributed by atoms with Crippen molar-refractivity contribution in [1.29, 1.82) is 0 Å². The number of ether oxygens (including phenoxy) is 1. The largest absolute Gasteiger partial charge is 0.465 e. The van der Waals surface area contributed by atoms with Crippen LogP contribution in [0.2, 0.25) is 5.02 Å². The number of carbonyl (C=O) groups is 1. The average molecular weight is 342 g/mol. The van der Waals surface area contributed by atoms with Crippen LogP contribution in [0.1, 0.15) is 15.9 Å². The molecule has 14 heavy (non-hydrogen) atoms. The van der Waals surface area contributed by atoms with Crippen LogP contribution in [0.25, 0.3) is 0 Å². The summed E-state index contributed by atoms with van der Waals surface area (Å²) < 4.78 is 5.30. The first-order chi connectivity index (χ1) is 6.60. The van der Waals surface area contributed by atoms with Crippen LogP contribution in [-0.2, 0) is 10.1 Å². The van der Waals surface area contributed by atoms with Crippen molar-refractivity contribution in [3.8, 4) is 0 Å². The molecule has 0 aromatic heterocycles. The van der Waals surface area contributed by atoms with Gasteiger partial charge in [-0.05, 0) is 33.6 Å². The molecule has 0 aliphatic heterocycles. The first-order valence-electron chi connectivity index (χ1n) is 3.72. The molecule has 1 aromatic carbocycles. The zero-order valence-corrected chi connectivity index (χ0v) is 11.2. The predicted octanol–water partition coefficient (Wildman–Crippen LogP) is 3.78. The molecule has 0 aliphatic rings. The summed E-state index contributed by atoms with van der Waals surface area (Å²) in [6, 6.07) is 3.55. The molecule has 1 aromatic rings. The Balaban J connectivity index is 3.27. The van der Waals surface area contributed by atoms with Gasteiger partial charge in [0.2, 0.25) is 0 Å². The summed E-state index contributed by atoms with van der Waals surface area (Å²) in [4.78, 5) is 11.3. The standard InChI is InChI=1S/C9H7Br2ClO2/c1-14-9(13)6-2-5(4-10)3-7(11)8(6)12/h2-3H,4H2,1H3. The molecule has 0 amide bonds. The molecule has 0 spiro atoms. The fraction of sp³-hybridized carbons (Fsp3) is 0.222. The Labute approximate surface area is 104 Å². The number of hydrogen-bond acceptors (Lipinski definition) is 2. The molecule has 0 fully saturated rings. The van der Waals surface area contributed by atoms with E-state index < -0.39 is 5.97 Å². The van der Waals surface area contributed by atoms with Gasteiger partial charge in [-0.2, -0.15) is 0 Å². The number of methoxy groups -OCH3 is 1. The Bertz CT molecular complexity index is 366. The van der Waals surface area contributed by atoms with Crippen LogP contribution in [0.15, 0.2) is 16.6 Å². The molecule has 0 atom stereocenters. The maximum Gasteiger partial charge on any atom is 0.339 e. The van der Waals surface area contributed by atoms with E-state index in [-0.39, 0.29) is 0 Å². The number of esters is 1. The number of alkyl halides is 1. The van der Waals surface area contributed by atoms with Crippen molar-refractivity contribution in [3.63, 3.8) is 0 Å². The molecule has 0 radical (unpaired) electrons. The summed E-state index contributed by atoms with van der Waals surface area (Å²) in [6.45, 7) is 0. The lowest BCUT2D eigenvalue weighted by Gasteiger charge is -2.06. The van der Waals surface area contributed by atoms with E-state index in [1.807, 2.05) is 6.07 Å². The molecule has 0 saturated carbocycles. The summed E-state index contributed by atoms with van der Waals surface area (Å²) in [5.41, 5.74) is 1.33. The summed E-state index contributed by atoms with van der Waals surface area (Å²) >= 11 is 12.5. The first-order valence-corrected chi connectivity index (χ1v) is 6.01. The van der Waals surface area contributed by atoms with Gasteiger partial charge in [0.05, 0.1) is 17.7 Å². The van der Waals surface area contributed by atoms with Crippen molar-refractivity contribution >= 4 is 49.4 Å². The van der Waals surface area contributed by atoms with Crippen LogP contribution < -0.4 is 0 Å². The monoisotopic (exact) mass is 340 g/mol. The van der Waals surface area contributed by atoms with E-state index in [9.17, 15) is 4.79 Å². The molecule has 5 heteroatoms. The van der Waals surface area contributed by atoms with E-state index in [4.69, 9.17) is 11.6 Å². The highest BCUT2D eigenvalue weighted by atomic mass is 79.9. The second-order valence-corrected chi connectivity index (χ2v) is 4.36. The van der Waals surface area contributed by atoms with Crippen LogP contribution in [0.4, 0.5) is 0 Å². The number of benzene rings is 1. The van der Waals surface area contributed by atoms with Gasteiger partial charge in [0.25, 0.3) is 0 Å². The molecule has 2 nitrogen and oxygen atoms in total. The summed E-state index contributed by atoms with van der Waals surface area (Å²) in [6.07, 6.45) is 0. The molecular formula is C9H7Br2ClO2. The van der Waals surface area contributed by atoms with E-state index in [1.54, 1.807) is 6.07 Å². The average Bonchev–Trinajstić information content (AvgIpc) is 2.20. The summed E-state index contributed by atoms with van der Waals surface area (Å²) in [5.74, 6) is -0.432. The minimum Gasteiger partial charge on any atom is -0.465 e. The second kappa shape index (κ2) is 5.14. The highest BCUT2D eigenvalue weighted by Gasteiger charge is 2.14. The van der Waals surface area contributed by atoms with Crippen molar-refractivity contribution < 1.29 is 9.53 Å². The minimum absolute atomic E-state index is 0.373. The summed E-state index contributed by atoms with van der Waals surface area (Å²) in [5, 5.41) is 1.04. The fourth-order valence-electron chi connectivity index (χ4n) is 0.981. The van der Waals surface area contributed by atoms with Gasteiger partial charge in [-0.25, -0.2) is 4.79 Å². The van der Waals surface area contributed by atoms with E-state index in [0.717, 1.165) is 5.56 Å². The number of hydrogen-bond donors (Lipinski definition) is 0. The van der Waals surface area contributed by atoms with Gasteiger partial charge in [0, 0.05) is 9.80 Å². The Morgan fingerprint density at radius 3 is 2.71 bits per heavy atom. The van der Waals surface area contributed by atoms with Gasteiger partial charge < -0.3 is 4.74 Å². The van der Waals surface area contributed by atoms with Gasteiger partial charge in [-0.15, -0.1) is 0 Å². The Morgan fingerprint density at radius 1 is 1.57 bits per heavy atom. The van der Waals surface area contributed by atoms with Crippen molar-refractivity contribution in [1.82, 2.24) is 0 Å². The number of rotatable bonds is 2. The highest BCUT2D eigenvalue weighted by molar-refractivity contribution is 9.10. The Morgan fingerprint density at radius 2 is 2.21 bits per heavy atom. The summed E-state index contributed by atoms with van der Waals surface area (Å²) in [7, 11) is 1.33. The van der Waals surface area contributed by atoms with Gasteiger partial charge in [0.15, 0.2) is 0 Å². The van der Waals surface area contributed by atoms with Crippen LogP contribution in [0, 0.1) is 0 Å².